The number of nitrogens with one attached hydrogen (secondary N) is 1. The summed E-state index contributed by atoms with van der Waals surface area (Å²) in [6.07, 6.45) is 3.98. The van der Waals surface area contributed by atoms with Gasteiger partial charge < -0.3 is 0 Å². The van der Waals surface area contributed by atoms with Gasteiger partial charge in [-0.3, -0.25) is 10.1 Å². The van der Waals surface area contributed by atoms with Crippen molar-refractivity contribution in [2.45, 2.75) is 6.42 Å². The summed E-state index contributed by atoms with van der Waals surface area (Å²) in [5.74, 6) is 0. The zero-order chi connectivity index (χ0) is 14.8. The van der Waals surface area contributed by atoms with Crippen LogP contribution in [0, 0.1) is 0 Å². The minimum absolute atomic E-state index is 0.547. The quantitative estimate of drug-likeness (QED) is 0.728. The molecule has 3 nitrogen and oxygen atoms in total. The third-order valence-electron chi connectivity index (χ3n) is 3.06. The number of H-pyrrole nitrogens is 1. The van der Waals surface area contributed by atoms with Gasteiger partial charge in [-0.05, 0) is 29.8 Å². The van der Waals surface area contributed by atoms with Crippen LogP contribution < -0.4 is 0 Å². The average Bonchev–Trinajstić information content (AvgIpc) is 2.92. The first kappa shape index (κ1) is 14.4. The van der Waals surface area contributed by atoms with E-state index in [4.69, 9.17) is 34.8 Å². The second-order valence-corrected chi connectivity index (χ2v) is 5.78. The highest BCUT2D eigenvalue weighted by Crippen LogP contribution is 2.27. The summed E-state index contributed by atoms with van der Waals surface area (Å²) < 4.78 is 0. The molecule has 0 atom stereocenters. The summed E-state index contributed by atoms with van der Waals surface area (Å²) in [5, 5.41) is 8.97. The minimum Gasteiger partial charge on any atom is -0.282 e. The Balaban J connectivity index is 1.85. The molecule has 0 saturated carbocycles. The number of pyridine rings is 1. The topological polar surface area (TPSA) is 41.6 Å². The molecule has 1 aromatic carbocycles. The van der Waals surface area contributed by atoms with Crippen LogP contribution in [0.15, 0.2) is 42.7 Å². The van der Waals surface area contributed by atoms with E-state index in [1.165, 1.54) is 0 Å². The Morgan fingerprint density at radius 2 is 1.81 bits per heavy atom. The molecular weight excluding hydrogens is 329 g/mol. The van der Waals surface area contributed by atoms with Gasteiger partial charge in [0.25, 0.3) is 0 Å². The van der Waals surface area contributed by atoms with Gasteiger partial charge in [0.15, 0.2) is 0 Å². The molecule has 0 unspecified atom stereocenters. The maximum atomic E-state index is 6.12. The number of rotatable bonds is 3. The predicted molar refractivity (Wildman–Crippen MR) is 86.1 cm³/mol. The van der Waals surface area contributed by atoms with E-state index in [1.54, 1.807) is 18.5 Å². The summed E-state index contributed by atoms with van der Waals surface area (Å²) in [6, 6.07) is 9.37. The summed E-state index contributed by atoms with van der Waals surface area (Å²) in [7, 11) is 0. The SMILES string of the molecule is Clc1ccc(Cc2cc(-c3ccncc3Cl)n[nH]2)cc1Cl. The molecule has 0 bridgehead atoms. The maximum Gasteiger partial charge on any atom is 0.0939 e. The van der Waals surface area contributed by atoms with E-state index >= 15 is 0 Å². The van der Waals surface area contributed by atoms with Gasteiger partial charge in [0.05, 0.1) is 20.8 Å². The Morgan fingerprint density at radius 3 is 2.57 bits per heavy atom. The Bertz CT molecular complexity index is 783. The van der Waals surface area contributed by atoms with Crippen LogP contribution in [0.3, 0.4) is 0 Å². The lowest BCUT2D eigenvalue weighted by Gasteiger charge is -2.01. The van der Waals surface area contributed by atoms with Crippen molar-refractivity contribution in [3.05, 3.63) is 69.1 Å². The van der Waals surface area contributed by atoms with E-state index in [9.17, 15) is 0 Å². The summed E-state index contributed by atoms with van der Waals surface area (Å²) >= 11 is 18.1. The Morgan fingerprint density at radius 1 is 0.952 bits per heavy atom. The molecule has 2 heterocycles. The Kier molecular flexibility index (Phi) is 4.15. The third-order valence-corrected chi connectivity index (χ3v) is 4.10. The van der Waals surface area contributed by atoms with Crippen molar-refractivity contribution >= 4 is 34.8 Å². The van der Waals surface area contributed by atoms with Crippen LogP contribution >= 0.6 is 34.8 Å². The van der Waals surface area contributed by atoms with Gasteiger partial charge in [-0.25, -0.2) is 0 Å². The highest BCUT2D eigenvalue weighted by Gasteiger charge is 2.09. The molecule has 0 radical (unpaired) electrons. The normalized spacial score (nSPS) is 10.8. The van der Waals surface area contributed by atoms with Crippen molar-refractivity contribution in [3.8, 4) is 11.3 Å². The van der Waals surface area contributed by atoms with Crippen molar-refractivity contribution in [1.82, 2.24) is 15.2 Å². The smallest absolute Gasteiger partial charge is 0.0939 e. The number of aromatic amines is 1. The molecule has 3 rings (SSSR count). The molecule has 0 fully saturated rings. The maximum absolute atomic E-state index is 6.12. The van der Waals surface area contributed by atoms with Crippen LogP contribution in [0.25, 0.3) is 11.3 Å². The molecule has 0 aliphatic rings. The van der Waals surface area contributed by atoms with E-state index in [0.29, 0.717) is 21.5 Å². The van der Waals surface area contributed by atoms with Crippen molar-refractivity contribution in [2.75, 3.05) is 0 Å². The summed E-state index contributed by atoms with van der Waals surface area (Å²) in [6.45, 7) is 0. The lowest BCUT2D eigenvalue weighted by atomic mass is 10.1. The highest BCUT2D eigenvalue weighted by atomic mass is 35.5. The standard InChI is InChI=1S/C15H10Cl3N3/c16-12-2-1-9(6-13(12)17)5-10-7-15(21-20-10)11-3-4-19-8-14(11)18/h1-4,6-8H,5H2,(H,20,21). The number of benzene rings is 1. The van der Waals surface area contributed by atoms with Gasteiger partial charge in [0.2, 0.25) is 0 Å². The number of hydrogen-bond acceptors (Lipinski definition) is 2. The first-order valence-corrected chi connectivity index (χ1v) is 7.35. The van der Waals surface area contributed by atoms with Crippen LogP contribution in [0.4, 0.5) is 0 Å². The predicted octanol–water partition coefficient (Wildman–Crippen LogP) is 5.02. The Labute approximate surface area is 136 Å². The van der Waals surface area contributed by atoms with Gasteiger partial charge in [-0.15, -0.1) is 0 Å². The number of halogens is 3. The second kappa shape index (κ2) is 6.06. The zero-order valence-corrected chi connectivity index (χ0v) is 13.0. The molecule has 0 aliphatic carbocycles. The fraction of sp³-hybridized carbons (Fsp3) is 0.0667. The van der Waals surface area contributed by atoms with E-state index in [0.717, 1.165) is 22.5 Å². The van der Waals surface area contributed by atoms with Crippen molar-refractivity contribution in [3.63, 3.8) is 0 Å². The van der Waals surface area contributed by atoms with Crippen LogP contribution in [-0.4, -0.2) is 15.2 Å². The minimum atomic E-state index is 0.547. The van der Waals surface area contributed by atoms with E-state index in [2.05, 4.69) is 15.2 Å². The fourth-order valence-corrected chi connectivity index (χ4v) is 2.58. The number of aromatic nitrogens is 3. The van der Waals surface area contributed by atoms with Gasteiger partial charge in [0, 0.05) is 30.1 Å². The van der Waals surface area contributed by atoms with Crippen LogP contribution in [0.1, 0.15) is 11.3 Å². The van der Waals surface area contributed by atoms with Gasteiger partial charge in [0.1, 0.15) is 0 Å². The molecule has 2 aromatic heterocycles. The van der Waals surface area contributed by atoms with Gasteiger partial charge in [-0.1, -0.05) is 40.9 Å². The molecule has 21 heavy (non-hydrogen) atoms. The molecule has 106 valence electrons. The first-order chi connectivity index (χ1) is 10.1. The average molecular weight is 339 g/mol. The van der Waals surface area contributed by atoms with Crippen molar-refractivity contribution in [2.24, 2.45) is 0 Å². The molecule has 1 N–H and O–H groups in total. The van der Waals surface area contributed by atoms with E-state index < -0.39 is 0 Å². The fourth-order valence-electron chi connectivity index (χ4n) is 2.04. The molecule has 3 aromatic rings. The molecule has 6 heteroatoms. The van der Waals surface area contributed by atoms with Crippen molar-refractivity contribution in [1.29, 1.82) is 0 Å². The molecule has 0 amide bonds. The molecule has 0 aliphatic heterocycles. The summed E-state index contributed by atoms with van der Waals surface area (Å²) in [5.41, 5.74) is 3.66. The van der Waals surface area contributed by atoms with Crippen LogP contribution in [0.2, 0.25) is 15.1 Å². The largest absolute Gasteiger partial charge is 0.282 e. The van der Waals surface area contributed by atoms with Gasteiger partial charge >= 0.3 is 0 Å². The highest BCUT2D eigenvalue weighted by molar-refractivity contribution is 6.42. The third kappa shape index (κ3) is 3.21. The summed E-state index contributed by atoms with van der Waals surface area (Å²) in [4.78, 5) is 3.97. The molecule has 0 spiro atoms. The molecule has 0 saturated heterocycles. The number of nitrogens with zero attached hydrogens (tertiary/aromatic N) is 2. The zero-order valence-electron chi connectivity index (χ0n) is 10.8. The number of hydrogen-bond donors (Lipinski definition) is 1. The van der Waals surface area contributed by atoms with Gasteiger partial charge in [-0.2, -0.15) is 5.10 Å². The van der Waals surface area contributed by atoms with E-state index in [1.807, 2.05) is 24.3 Å². The Hall–Kier alpha value is -1.55. The van der Waals surface area contributed by atoms with Crippen LogP contribution in [0.5, 0.6) is 0 Å². The lowest BCUT2D eigenvalue weighted by Crippen LogP contribution is -1.88. The second-order valence-electron chi connectivity index (χ2n) is 4.56. The molecular formula is C15H10Cl3N3. The van der Waals surface area contributed by atoms with E-state index in [-0.39, 0.29) is 0 Å². The lowest BCUT2D eigenvalue weighted by molar-refractivity contribution is 0.998. The van der Waals surface area contributed by atoms with Crippen molar-refractivity contribution < 1.29 is 0 Å². The van der Waals surface area contributed by atoms with Crippen LogP contribution in [-0.2, 0) is 6.42 Å². The monoisotopic (exact) mass is 337 g/mol. The first-order valence-electron chi connectivity index (χ1n) is 6.21.